The number of fused-ring (bicyclic) bond motifs is 1. The molecule has 100 valence electrons. The van der Waals surface area contributed by atoms with E-state index in [0.29, 0.717) is 10.7 Å². The second-order valence-electron chi connectivity index (χ2n) is 4.39. The zero-order valence-electron chi connectivity index (χ0n) is 10.4. The lowest BCUT2D eigenvalue weighted by molar-refractivity contribution is 1.38. The first-order chi connectivity index (χ1) is 9.63. The van der Waals surface area contributed by atoms with Gasteiger partial charge in [-0.3, -0.25) is 4.98 Å². The second-order valence-corrected chi connectivity index (χ2v) is 5.74. The van der Waals surface area contributed by atoms with Crippen molar-refractivity contribution in [3.05, 3.63) is 58.2 Å². The van der Waals surface area contributed by atoms with Crippen LogP contribution in [0.4, 0.5) is 17.1 Å². The van der Waals surface area contributed by atoms with Gasteiger partial charge in [0.2, 0.25) is 0 Å². The summed E-state index contributed by atoms with van der Waals surface area (Å²) in [5, 5.41) is 4.97. The highest BCUT2D eigenvalue weighted by Crippen LogP contribution is 2.30. The summed E-state index contributed by atoms with van der Waals surface area (Å²) in [6.07, 6.45) is 1.78. The smallest absolute Gasteiger partial charge is 0.0937 e. The van der Waals surface area contributed by atoms with Crippen molar-refractivity contribution in [2.75, 3.05) is 11.1 Å². The Labute approximate surface area is 129 Å². The van der Waals surface area contributed by atoms with E-state index in [1.54, 1.807) is 18.3 Å². The van der Waals surface area contributed by atoms with Gasteiger partial charge in [0.15, 0.2) is 0 Å². The Morgan fingerprint density at radius 1 is 1.10 bits per heavy atom. The zero-order chi connectivity index (χ0) is 14.1. The Morgan fingerprint density at radius 2 is 1.95 bits per heavy atom. The molecule has 2 aromatic carbocycles. The molecule has 0 saturated heterocycles. The summed E-state index contributed by atoms with van der Waals surface area (Å²) in [7, 11) is 0. The van der Waals surface area contributed by atoms with Crippen LogP contribution < -0.4 is 11.1 Å². The summed E-state index contributed by atoms with van der Waals surface area (Å²) in [4.78, 5) is 4.45. The molecule has 0 aliphatic carbocycles. The van der Waals surface area contributed by atoms with E-state index in [4.69, 9.17) is 17.3 Å². The van der Waals surface area contributed by atoms with E-state index < -0.39 is 0 Å². The fourth-order valence-corrected chi connectivity index (χ4v) is 2.56. The van der Waals surface area contributed by atoms with Crippen LogP contribution in [-0.4, -0.2) is 4.98 Å². The van der Waals surface area contributed by atoms with Crippen LogP contribution in [0.2, 0.25) is 5.02 Å². The SMILES string of the molecule is Nc1cc(Cl)ccc1Nc1cccc2cc(Br)cnc12. The van der Waals surface area contributed by atoms with Crippen LogP contribution >= 0.6 is 27.5 Å². The predicted octanol–water partition coefficient (Wildman–Crippen LogP) is 4.98. The Bertz CT molecular complexity index is 789. The Kier molecular flexibility index (Phi) is 3.51. The van der Waals surface area contributed by atoms with Gasteiger partial charge < -0.3 is 11.1 Å². The molecule has 0 radical (unpaired) electrons. The molecular formula is C15H11BrClN3. The van der Waals surface area contributed by atoms with Crippen LogP contribution in [0, 0.1) is 0 Å². The molecular weight excluding hydrogens is 338 g/mol. The van der Waals surface area contributed by atoms with Crippen LogP contribution in [0.1, 0.15) is 0 Å². The molecule has 0 saturated carbocycles. The van der Waals surface area contributed by atoms with E-state index in [1.165, 1.54) is 0 Å². The second kappa shape index (κ2) is 5.31. The number of nitrogens with two attached hydrogens (primary N) is 1. The number of nitrogens with one attached hydrogen (secondary N) is 1. The standard InChI is InChI=1S/C15H11BrClN3/c16-10-6-9-2-1-3-14(15(9)19-8-10)20-13-5-4-11(17)7-12(13)18/h1-8,20H,18H2. The third-order valence-electron chi connectivity index (χ3n) is 2.96. The third-order valence-corrected chi connectivity index (χ3v) is 3.63. The molecule has 0 unspecified atom stereocenters. The van der Waals surface area contributed by atoms with Gasteiger partial charge in [-0.2, -0.15) is 0 Å². The van der Waals surface area contributed by atoms with Crippen LogP contribution in [0.3, 0.4) is 0 Å². The Morgan fingerprint density at radius 3 is 2.75 bits per heavy atom. The zero-order valence-corrected chi connectivity index (χ0v) is 12.7. The predicted molar refractivity (Wildman–Crippen MR) is 88.6 cm³/mol. The minimum Gasteiger partial charge on any atom is -0.397 e. The van der Waals surface area contributed by atoms with Gasteiger partial charge in [-0.15, -0.1) is 0 Å². The number of halogens is 2. The van der Waals surface area contributed by atoms with Crippen molar-refractivity contribution < 1.29 is 0 Å². The minimum absolute atomic E-state index is 0.603. The Balaban J connectivity index is 2.06. The molecule has 0 aliphatic heterocycles. The molecule has 0 aliphatic rings. The van der Waals surface area contributed by atoms with Crippen LogP contribution in [-0.2, 0) is 0 Å². The number of nitrogen functional groups attached to an aromatic ring is 1. The number of benzene rings is 2. The highest BCUT2D eigenvalue weighted by molar-refractivity contribution is 9.10. The van der Waals surface area contributed by atoms with E-state index in [9.17, 15) is 0 Å². The quantitative estimate of drug-likeness (QED) is 0.642. The van der Waals surface area contributed by atoms with Gasteiger partial charge in [0.1, 0.15) is 0 Å². The van der Waals surface area contributed by atoms with Crippen molar-refractivity contribution in [3.63, 3.8) is 0 Å². The van der Waals surface area contributed by atoms with Gasteiger partial charge in [-0.25, -0.2) is 0 Å². The first-order valence-corrected chi connectivity index (χ1v) is 7.17. The van der Waals surface area contributed by atoms with E-state index in [-0.39, 0.29) is 0 Å². The molecule has 3 aromatic rings. The number of nitrogens with zero attached hydrogens (tertiary/aromatic N) is 1. The lowest BCUT2D eigenvalue weighted by Crippen LogP contribution is -1.97. The van der Waals surface area contributed by atoms with Gasteiger partial charge in [0.05, 0.1) is 22.6 Å². The monoisotopic (exact) mass is 347 g/mol. The molecule has 0 spiro atoms. The highest BCUT2D eigenvalue weighted by Gasteiger charge is 2.05. The van der Waals surface area contributed by atoms with Crippen molar-refractivity contribution >= 4 is 55.5 Å². The van der Waals surface area contributed by atoms with Crippen molar-refractivity contribution in [1.82, 2.24) is 4.98 Å². The average molecular weight is 349 g/mol. The van der Waals surface area contributed by atoms with E-state index >= 15 is 0 Å². The van der Waals surface area contributed by atoms with Crippen molar-refractivity contribution in [2.24, 2.45) is 0 Å². The molecule has 0 amide bonds. The lowest BCUT2D eigenvalue weighted by atomic mass is 10.2. The van der Waals surface area contributed by atoms with Crippen LogP contribution in [0.15, 0.2) is 53.1 Å². The minimum atomic E-state index is 0.603. The summed E-state index contributed by atoms with van der Waals surface area (Å²) in [5.74, 6) is 0. The molecule has 3 rings (SSSR count). The number of hydrogen-bond acceptors (Lipinski definition) is 3. The fraction of sp³-hybridized carbons (Fsp3) is 0. The molecule has 1 heterocycles. The van der Waals surface area contributed by atoms with Crippen molar-refractivity contribution in [2.45, 2.75) is 0 Å². The molecule has 3 N–H and O–H groups in total. The lowest BCUT2D eigenvalue weighted by Gasteiger charge is -2.11. The summed E-state index contributed by atoms with van der Waals surface area (Å²) in [6.45, 7) is 0. The number of aromatic nitrogens is 1. The Hall–Kier alpha value is -1.78. The highest BCUT2D eigenvalue weighted by atomic mass is 79.9. The molecule has 1 aromatic heterocycles. The van der Waals surface area contributed by atoms with Crippen LogP contribution in [0.5, 0.6) is 0 Å². The molecule has 5 heteroatoms. The summed E-state index contributed by atoms with van der Waals surface area (Å²) >= 11 is 9.33. The maximum Gasteiger partial charge on any atom is 0.0937 e. The van der Waals surface area contributed by atoms with Crippen molar-refractivity contribution in [3.8, 4) is 0 Å². The molecule has 20 heavy (non-hydrogen) atoms. The summed E-state index contributed by atoms with van der Waals surface area (Å²) in [5.41, 5.74) is 9.18. The number of para-hydroxylation sites is 1. The average Bonchev–Trinajstić information content (AvgIpc) is 2.41. The van der Waals surface area contributed by atoms with Crippen LogP contribution in [0.25, 0.3) is 10.9 Å². The maximum absolute atomic E-state index is 5.96. The largest absolute Gasteiger partial charge is 0.397 e. The number of rotatable bonds is 2. The summed E-state index contributed by atoms with van der Waals surface area (Å²) < 4.78 is 0.952. The van der Waals surface area contributed by atoms with Gasteiger partial charge in [-0.1, -0.05) is 23.7 Å². The molecule has 3 nitrogen and oxygen atoms in total. The number of anilines is 3. The van der Waals surface area contributed by atoms with E-state index in [1.807, 2.05) is 30.3 Å². The molecule has 0 bridgehead atoms. The maximum atomic E-state index is 5.96. The van der Waals surface area contributed by atoms with Gasteiger partial charge in [-0.05, 0) is 46.3 Å². The number of hydrogen-bond donors (Lipinski definition) is 2. The van der Waals surface area contributed by atoms with Crippen molar-refractivity contribution in [1.29, 1.82) is 0 Å². The molecule has 0 fully saturated rings. The first kappa shape index (κ1) is 13.2. The van der Waals surface area contributed by atoms with E-state index in [2.05, 4.69) is 26.2 Å². The fourth-order valence-electron chi connectivity index (χ4n) is 2.03. The first-order valence-electron chi connectivity index (χ1n) is 6.00. The van der Waals surface area contributed by atoms with Gasteiger partial charge in [0.25, 0.3) is 0 Å². The van der Waals surface area contributed by atoms with Gasteiger partial charge in [0, 0.05) is 21.1 Å². The topological polar surface area (TPSA) is 50.9 Å². The van der Waals surface area contributed by atoms with Gasteiger partial charge >= 0.3 is 0 Å². The van der Waals surface area contributed by atoms with E-state index in [0.717, 1.165) is 26.8 Å². The summed E-state index contributed by atoms with van der Waals surface area (Å²) in [6, 6.07) is 13.4. The molecule has 0 atom stereocenters. The third kappa shape index (κ3) is 2.57. The normalized spacial score (nSPS) is 10.7. The number of pyridine rings is 1.